The summed E-state index contributed by atoms with van der Waals surface area (Å²) in [5, 5.41) is 9.34. The molecule has 0 bridgehead atoms. The van der Waals surface area contributed by atoms with E-state index in [4.69, 9.17) is 0 Å². The molecule has 0 fully saturated rings. The van der Waals surface area contributed by atoms with Crippen LogP contribution in [-0.2, 0) is 0 Å². The summed E-state index contributed by atoms with van der Waals surface area (Å²) in [5.74, 6) is -10.7. The molecule has 0 radical (unpaired) electrons. The van der Waals surface area contributed by atoms with Gasteiger partial charge in [-0.25, -0.2) is 17.6 Å². The predicted octanol–water partition coefficient (Wildman–Crippen LogP) is -2.11. The fraction of sp³-hybridized carbons (Fsp3) is 1.00. The average molecular weight is 314 g/mol. The Kier molecular flexibility index (Phi) is 7.31. The number of hydrogen-bond acceptors (Lipinski definition) is 1. The van der Waals surface area contributed by atoms with Crippen molar-refractivity contribution in [3.05, 3.63) is 0 Å². The monoisotopic (exact) mass is 314 g/mol. The van der Waals surface area contributed by atoms with Crippen LogP contribution >= 0.6 is 0 Å². The topological polar surface area (TPSA) is 23.1 Å². The minimum absolute atomic E-state index is 0. The standard InChI is InChI=1S/C4H3F6O.Cs/c5-2(6)4(9,10)3(7,8)1-11;/h2H,1H2;/q-1;+1. The van der Waals surface area contributed by atoms with Gasteiger partial charge in [-0.05, 0) is 0 Å². The molecule has 0 amide bonds. The Hall–Kier alpha value is 1.59. The number of alkyl halides is 6. The van der Waals surface area contributed by atoms with Gasteiger partial charge < -0.3 is 5.11 Å². The van der Waals surface area contributed by atoms with Crippen molar-refractivity contribution in [2.75, 3.05) is 6.61 Å². The largest absolute Gasteiger partial charge is 1.00 e. The van der Waals surface area contributed by atoms with E-state index in [-0.39, 0.29) is 68.9 Å². The van der Waals surface area contributed by atoms with Gasteiger partial charge in [-0.2, -0.15) is 8.78 Å². The molecule has 0 unspecified atom stereocenters. The molecule has 0 saturated heterocycles. The van der Waals surface area contributed by atoms with Crippen molar-refractivity contribution >= 4 is 0 Å². The van der Waals surface area contributed by atoms with Gasteiger partial charge in [-0.15, -0.1) is 0 Å². The van der Waals surface area contributed by atoms with E-state index in [0.717, 1.165) is 0 Å². The van der Waals surface area contributed by atoms with Crippen LogP contribution in [-0.4, -0.2) is 24.9 Å². The number of halogens is 6. The molecule has 12 heavy (non-hydrogen) atoms. The number of rotatable bonds is 3. The summed E-state index contributed by atoms with van der Waals surface area (Å²) in [4.78, 5) is 0. The number of hydrogen-bond donors (Lipinski definition) is 0. The fourth-order valence-corrected chi connectivity index (χ4v) is 0.256. The van der Waals surface area contributed by atoms with Crippen LogP contribution in [0.4, 0.5) is 26.3 Å². The van der Waals surface area contributed by atoms with Crippen LogP contribution in [0.25, 0.3) is 0 Å². The minimum atomic E-state index is -5.53. The molecule has 0 aromatic rings. The first-order valence-electron chi connectivity index (χ1n) is 2.37. The normalized spacial score (nSPS) is 13.0. The summed E-state index contributed by atoms with van der Waals surface area (Å²) in [6.07, 6.45) is -4.52. The zero-order chi connectivity index (χ0) is 9.28. The van der Waals surface area contributed by atoms with Gasteiger partial charge in [-0.1, -0.05) is 6.61 Å². The van der Waals surface area contributed by atoms with Gasteiger partial charge in [0.05, 0.1) is 0 Å². The Morgan fingerprint density at radius 3 is 1.50 bits per heavy atom. The van der Waals surface area contributed by atoms with Crippen LogP contribution < -0.4 is 74.0 Å². The smallest absolute Gasteiger partial charge is 0.850 e. The van der Waals surface area contributed by atoms with Crippen molar-refractivity contribution in [3.63, 3.8) is 0 Å². The van der Waals surface area contributed by atoms with E-state index < -0.39 is 24.9 Å². The van der Waals surface area contributed by atoms with Crippen LogP contribution in [0.5, 0.6) is 0 Å². The first kappa shape index (κ1) is 16.0. The summed E-state index contributed by atoms with van der Waals surface area (Å²) in [6.45, 7) is -2.55. The van der Waals surface area contributed by atoms with E-state index in [1.807, 2.05) is 0 Å². The van der Waals surface area contributed by atoms with Gasteiger partial charge in [0.25, 0.3) is 0 Å². The molecule has 1 nitrogen and oxygen atoms in total. The molecular weight excluding hydrogens is 311 g/mol. The zero-order valence-corrected chi connectivity index (χ0v) is 12.2. The minimum Gasteiger partial charge on any atom is -0.850 e. The van der Waals surface area contributed by atoms with E-state index in [1.54, 1.807) is 0 Å². The summed E-state index contributed by atoms with van der Waals surface area (Å²) in [6, 6.07) is 0. The van der Waals surface area contributed by atoms with E-state index in [1.165, 1.54) is 0 Å². The van der Waals surface area contributed by atoms with E-state index in [0.29, 0.717) is 0 Å². The van der Waals surface area contributed by atoms with Gasteiger partial charge >= 0.3 is 87.2 Å². The van der Waals surface area contributed by atoms with E-state index in [9.17, 15) is 31.4 Å². The third-order valence-corrected chi connectivity index (χ3v) is 0.943. The van der Waals surface area contributed by atoms with Crippen LogP contribution in [0.15, 0.2) is 0 Å². The van der Waals surface area contributed by atoms with Crippen LogP contribution in [0.2, 0.25) is 0 Å². The van der Waals surface area contributed by atoms with Crippen LogP contribution in [0.1, 0.15) is 0 Å². The molecule has 0 aromatic carbocycles. The Labute approximate surface area is 123 Å². The maximum atomic E-state index is 11.6. The molecule has 0 spiro atoms. The summed E-state index contributed by atoms with van der Waals surface area (Å²) in [7, 11) is 0. The van der Waals surface area contributed by atoms with Crippen molar-refractivity contribution in [1.29, 1.82) is 0 Å². The molecule has 0 rings (SSSR count). The van der Waals surface area contributed by atoms with Gasteiger partial charge in [0.1, 0.15) is 0 Å². The Bertz CT molecular complexity index is 138. The van der Waals surface area contributed by atoms with E-state index >= 15 is 0 Å². The van der Waals surface area contributed by atoms with Crippen molar-refractivity contribution in [2.24, 2.45) is 0 Å². The van der Waals surface area contributed by atoms with Crippen molar-refractivity contribution in [2.45, 2.75) is 18.3 Å². The Morgan fingerprint density at radius 1 is 1.08 bits per heavy atom. The van der Waals surface area contributed by atoms with Crippen molar-refractivity contribution in [3.8, 4) is 0 Å². The second-order valence-corrected chi connectivity index (χ2v) is 1.77. The van der Waals surface area contributed by atoms with Crippen molar-refractivity contribution in [1.82, 2.24) is 0 Å². The molecule has 0 aromatic heterocycles. The maximum absolute atomic E-state index is 11.6. The second kappa shape index (κ2) is 5.47. The predicted molar refractivity (Wildman–Crippen MR) is 20.8 cm³/mol. The second-order valence-electron chi connectivity index (χ2n) is 1.77. The quantitative estimate of drug-likeness (QED) is 0.547. The molecule has 0 atom stereocenters. The molecular formula is C4H3CsF6O. The molecule has 0 aliphatic rings. The average Bonchev–Trinajstić information content (AvgIpc) is 1.87. The third kappa shape index (κ3) is 3.39. The zero-order valence-electron chi connectivity index (χ0n) is 5.96. The molecule has 8 heteroatoms. The molecule has 0 N–H and O–H groups in total. The van der Waals surface area contributed by atoms with E-state index in [2.05, 4.69) is 0 Å². The molecule has 0 heterocycles. The summed E-state index contributed by atoms with van der Waals surface area (Å²) < 4.78 is 68.8. The third-order valence-electron chi connectivity index (χ3n) is 0.943. The summed E-state index contributed by atoms with van der Waals surface area (Å²) in [5.41, 5.74) is 0. The van der Waals surface area contributed by atoms with Crippen LogP contribution in [0.3, 0.4) is 0 Å². The van der Waals surface area contributed by atoms with Gasteiger partial charge in [0.2, 0.25) is 0 Å². The molecule has 68 valence electrons. The van der Waals surface area contributed by atoms with Crippen molar-refractivity contribution < 1.29 is 100 Å². The molecule has 0 aliphatic heterocycles. The van der Waals surface area contributed by atoms with Crippen LogP contribution in [0, 0.1) is 0 Å². The van der Waals surface area contributed by atoms with Gasteiger partial charge in [0, 0.05) is 0 Å². The maximum Gasteiger partial charge on any atom is 1.00 e. The van der Waals surface area contributed by atoms with Gasteiger partial charge in [0.15, 0.2) is 0 Å². The first-order chi connectivity index (χ1) is 4.75. The SMILES string of the molecule is [Cs+].[O-]CC(F)(F)C(F)(F)C(F)F. The molecule has 0 aliphatic carbocycles. The summed E-state index contributed by atoms with van der Waals surface area (Å²) >= 11 is 0. The Balaban J connectivity index is 0. The first-order valence-corrected chi connectivity index (χ1v) is 2.37. The fourth-order valence-electron chi connectivity index (χ4n) is 0.256. The molecule has 0 saturated carbocycles. The Morgan fingerprint density at radius 2 is 1.42 bits per heavy atom. The van der Waals surface area contributed by atoms with Gasteiger partial charge in [-0.3, -0.25) is 0 Å².